The molecule has 1 aromatic heterocycles. The van der Waals surface area contributed by atoms with E-state index < -0.39 is 22.4 Å². The molecule has 0 spiro atoms. The molecule has 0 unspecified atom stereocenters. The zero-order valence-electron chi connectivity index (χ0n) is 19.4. The minimum atomic E-state index is -0.642. The number of nitrogens with one attached hydrogen (secondary N) is 3. The van der Waals surface area contributed by atoms with E-state index in [4.69, 9.17) is 4.74 Å². The molecule has 3 aromatic carbocycles. The fourth-order valence-corrected chi connectivity index (χ4v) is 3.69. The summed E-state index contributed by atoms with van der Waals surface area (Å²) < 4.78 is 5.58. The van der Waals surface area contributed by atoms with Gasteiger partial charge in [0, 0.05) is 0 Å². The van der Waals surface area contributed by atoms with Crippen molar-refractivity contribution < 1.29 is 14.5 Å². The molecule has 4 rings (SSSR count). The number of amides is 1. The van der Waals surface area contributed by atoms with Crippen LogP contribution in [-0.2, 0) is 4.79 Å². The van der Waals surface area contributed by atoms with Gasteiger partial charge in [0.05, 0.1) is 23.1 Å². The smallest absolute Gasteiger partial charge is 0.355 e. The van der Waals surface area contributed by atoms with Gasteiger partial charge in [-0.1, -0.05) is 72.8 Å². The van der Waals surface area contributed by atoms with Crippen LogP contribution in [0.15, 0.2) is 91.3 Å². The van der Waals surface area contributed by atoms with Crippen molar-refractivity contribution in [1.82, 2.24) is 15.4 Å². The number of ether oxygens (including phenoxy) is 1. The third-order valence-corrected chi connectivity index (χ3v) is 5.28. The first-order valence-electron chi connectivity index (χ1n) is 11.2. The summed E-state index contributed by atoms with van der Waals surface area (Å²) in [7, 11) is 0. The Morgan fingerprint density at radius 2 is 1.50 bits per heavy atom. The molecule has 0 atom stereocenters. The summed E-state index contributed by atoms with van der Waals surface area (Å²) in [6.07, 6.45) is 1.17. The highest BCUT2D eigenvalue weighted by atomic mass is 16.6. The molecule has 4 aromatic rings. The number of nitrogens with zero attached hydrogens (tertiary/aromatic N) is 3. The summed E-state index contributed by atoms with van der Waals surface area (Å²) in [5, 5.41) is 14.9. The zero-order chi connectivity index (χ0) is 25.3. The van der Waals surface area contributed by atoms with Crippen LogP contribution in [0.1, 0.15) is 24.0 Å². The fourth-order valence-electron chi connectivity index (χ4n) is 3.69. The largest absolute Gasteiger partial charge is 0.492 e. The van der Waals surface area contributed by atoms with Crippen molar-refractivity contribution in [2.75, 3.05) is 17.3 Å². The molecule has 182 valence electrons. The lowest BCUT2D eigenvalue weighted by molar-refractivity contribution is -0.383. The highest BCUT2D eigenvalue weighted by Crippen LogP contribution is 2.34. The predicted octanol–water partition coefficient (Wildman–Crippen LogP) is 4.80. The number of nitro groups is 1. The van der Waals surface area contributed by atoms with Crippen molar-refractivity contribution >= 4 is 28.9 Å². The van der Waals surface area contributed by atoms with Crippen LogP contribution in [0.2, 0.25) is 0 Å². The van der Waals surface area contributed by atoms with Crippen LogP contribution >= 0.6 is 0 Å². The molecule has 10 heteroatoms. The Kier molecular flexibility index (Phi) is 7.66. The minimum absolute atomic E-state index is 0.0541. The molecule has 36 heavy (non-hydrogen) atoms. The van der Waals surface area contributed by atoms with Crippen molar-refractivity contribution in [2.24, 2.45) is 0 Å². The first kappa shape index (κ1) is 24.1. The van der Waals surface area contributed by atoms with E-state index in [1.807, 2.05) is 67.6 Å². The van der Waals surface area contributed by atoms with Crippen LogP contribution in [0.5, 0.6) is 5.75 Å². The molecule has 0 bridgehead atoms. The molecule has 0 radical (unpaired) electrons. The summed E-state index contributed by atoms with van der Waals surface area (Å²) in [6, 6.07) is 25.5. The monoisotopic (exact) mass is 484 g/mol. The Balaban J connectivity index is 1.60. The second-order valence-electron chi connectivity index (χ2n) is 7.60. The van der Waals surface area contributed by atoms with Crippen LogP contribution in [0, 0.1) is 10.1 Å². The van der Waals surface area contributed by atoms with Crippen LogP contribution in [0.3, 0.4) is 0 Å². The summed E-state index contributed by atoms with van der Waals surface area (Å²) in [6.45, 7) is 2.26. The first-order chi connectivity index (χ1) is 17.6. The Morgan fingerprint density at radius 1 is 0.917 bits per heavy atom. The second kappa shape index (κ2) is 11.4. The molecule has 1 amide bonds. The first-order valence-corrected chi connectivity index (χ1v) is 11.2. The van der Waals surface area contributed by atoms with E-state index in [0.29, 0.717) is 18.0 Å². The second-order valence-corrected chi connectivity index (χ2v) is 7.60. The number of aromatic nitrogens is 2. The number of hydrogen-bond acceptors (Lipinski definition) is 8. The summed E-state index contributed by atoms with van der Waals surface area (Å²) in [4.78, 5) is 32.6. The number of benzene rings is 3. The van der Waals surface area contributed by atoms with Crippen molar-refractivity contribution in [3.8, 4) is 5.75 Å². The van der Waals surface area contributed by atoms with Gasteiger partial charge in [0.15, 0.2) is 0 Å². The Hall–Kier alpha value is -4.99. The Bertz CT molecular complexity index is 1300. The van der Waals surface area contributed by atoms with E-state index in [0.717, 1.165) is 11.1 Å². The third-order valence-electron chi connectivity index (χ3n) is 5.28. The third kappa shape index (κ3) is 5.55. The molecule has 1 heterocycles. The lowest BCUT2D eigenvalue weighted by Crippen LogP contribution is -2.35. The van der Waals surface area contributed by atoms with E-state index in [1.165, 1.54) is 6.33 Å². The number of rotatable bonds is 10. The number of para-hydroxylation sites is 2. The number of anilines is 3. The zero-order valence-corrected chi connectivity index (χ0v) is 19.4. The van der Waals surface area contributed by atoms with Crippen molar-refractivity contribution in [3.63, 3.8) is 0 Å². The predicted molar refractivity (Wildman–Crippen MR) is 136 cm³/mol. The molecular formula is C26H24N6O4. The molecule has 0 aliphatic rings. The Labute approximate surface area is 207 Å². The number of hydrogen-bond donors (Lipinski definition) is 3. The maximum absolute atomic E-state index is 13.3. The summed E-state index contributed by atoms with van der Waals surface area (Å²) in [5.41, 5.74) is 6.81. The molecule has 0 saturated heterocycles. The van der Waals surface area contributed by atoms with Gasteiger partial charge in [-0.3, -0.25) is 25.8 Å². The van der Waals surface area contributed by atoms with Gasteiger partial charge in [0.25, 0.3) is 0 Å². The SMILES string of the molecule is CCOc1ccccc1Nc1ncnc(NNC(=O)C(c2ccccc2)c2ccccc2)c1[N+](=O)[O-]. The van der Waals surface area contributed by atoms with Gasteiger partial charge in [-0.05, 0) is 30.2 Å². The maximum atomic E-state index is 13.3. The number of hydrazine groups is 1. The average Bonchev–Trinajstić information content (AvgIpc) is 2.90. The fraction of sp³-hybridized carbons (Fsp3) is 0.115. The van der Waals surface area contributed by atoms with Crippen molar-refractivity contribution in [3.05, 3.63) is 112 Å². The van der Waals surface area contributed by atoms with Gasteiger partial charge in [-0.15, -0.1) is 0 Å². The molecule has 0 saturated carbocycles. The Morgan fingerprint density at radius 3 is 2.11 bits per heavy atom. The van der Waals surface area contributed by atoms with E-state index in [9.17, 15) is 14.9 Å². The number of carbonyl (C=O) groups excluding carboxylic acids is 1. The lowest BCUT2D eigenvalue weighted by Gasteiger charge is -2.18. The van der Waals surface area contributed by atoms with Gasteiger partial charge >= 0.3 is 5.69 Å². The highest BCUT2D eigenvalue weighted by Gasteiger charge is 2.27. The maximum Gasteiger partial charge on any atom is 0.355 e. The van der Waals surface area contributed by atoms with Crippen LogP contribution in [0.4, 0.5) is 23.0 Å². The van der Waals surface area contributed by atoms with Crippen LogP contribution < -0.4 is 20.9 Å². The van der Waals surface area contributed by atoms with Crippen LogP contribution in [0.25, 0.3) is 0 Å². The van der Waals surface area contributed by atoms with Gasteiger partial charge < -0.3 is 10.1 Å². The van der Waals surface area contributed by atoms with E-state index in [2.05, 4.69) is 26.1 Å². The molecule has 0 aliphatic heterocycles. The van der Waals surface area contributed by atoms with E-state index in [-0.39, 0.29) is 11.6 Å². The van der Waals surface area contributed by atoms with Gasteiger partial charge in [0.2, 0.25) is 17.5 Å². The van der Waals surface area contributed by atoms with Crippen LogP contribution in [-0.4, -0.2) is 27.4 Å². The normalized spacial score (nSPS) is 10.5. The van der Waals surface area contributed by atoms with E-state index in [1.54, 1.807) is 24.3 Å². The summed E-state index contributed by atoms with van der Waals surface area (Å²) >= 11 is 0. The standard InChI is InChI=1S/C26H24N6O4/c1-2-36-21-16-10-9-15-20(21)29-24-23(32(34)35)25(28-17-27-24)30-31-26(33)22(18-11-5-3-6-12-18)19-13-7-4-8-14-19/h3-17,22H,2H2,1H3,(H,31,33)(H2,27,28,29,30). The molecule has 0 aliphatic carbocycles. The average molecular weight is 485 g/mol. The molecule has 0 fully saturated rings. The number of carbonyl (C=O) groups is 1. The molecule has 3 N–H and O–H groups in total. The van der Waals surface area contributed by atoms with Gasteiger partial charge in [0.1, 0.15) is 12.1 Å². The van der Waals surface area contributed by atoms with Crippen molar-refractivity contribution in [1.29, 1.82) is 0 Å². The van der Waals surface area contributed by atoms with E-state index >= 15 is 0 Å². The van der Waals surface area contributed by atoms with Gasteiger partial charge in [-0.25, -0.2) is 9.97 Å². The molecular weight excluding hydrogens is 460 g/mol. The minimum Gasteiger partial charge on any atom is -0.492 e. The lowest BCUT2D eigenvalue weighted by atomic mass is 9.91. The molecule has 10 nitrogen and oxygen atoms in total. The summed E-state index contributed by atoms with van der Waals surface area (Å²) in [5.74, 6) is -0.751. The van der Waals surface area contributed by atoms with Crippen molar-refractivity contribution in [2.45, 2.75) is 12.8 Å². The topological polar surface area (TPSA) is 131 Å². The highest BCUT2D eigenvalue weighted by molar-refractivity contribution is 5.88. The van der Waals surface area contributed by atoms with Gasteiger partial charge in [-0.2, -0.15) is 0 Å². The quantitative estimate of drug-likeness (QED) is 0.216.